The first-order valence-corrected chi connectivity index (χ1v) is 6.93. The van der Waals surface area contributed by atoms with Crippen LogP contribution in [0, 0.1) is 5.92 Å². The van der Waals surface area contributed by atoms with E-state index in [0.717, 1.165) is 17.3 Å². The Morgan fingerprint density at radius 3 is 2.50 bits per heavy atom. The molecule has 0 aliphatic rings. The van der Waals surface area contributed by atoms with Crippen molar-refractivity contribution in [1.29, 1.82) is 0 Å². The molecule has 20 heavy (non-hydrogen) atoms. The van der Waals surface area contributed by atoms with Gasteiger partial charge in [-0.3, -0.25) is 0 Å². The molecule has 0 radical (unpaired) electrons. The predicted octanol–water partition coefficient (Wildman–Crippen LogP) is 1.85. The maximum Gasteiger partial charge on any atom is 0.178 e. The minimum Gasteiger partial charge on any atom is -0.394 e. The van der Waals surface area contributed by atoms with E-state index in [1.165, 1.54) is 0 Å². The third-order valence-electron chi connectivity index (χ3n) is 3.27. The summed E-state index contributed by atoms with van der Waals surface area (Å²) in [5.41, 5.74) is 0.602. The minimum atomic E-state index is -0.126. The van der Waals surface area contributed by atoms with Crippen LogP contribution in [0.25, 0.3) is 5.65 Å². The fraction of sp³-hybridized carbons (Fsp3) is 0.643. The molecule has 2 aromatic rings. The number of hydrogen-bond donors (Lipinski definition) is 2. The van der Waals surface area contributed by atoms with Crippen LogP contribution >= 0.6 is 0 Å². The molecule has 0 spiro atoms. The predicted molar refractivity (Wildman–Crippen MR) is 78.8 cm³/mol. The smallest absolute Gasteiger partial charge is 0.178 e. The van der Waals surface area contributed by atoms with Crippen molar-refractivity contribution in [2.45, 2.75) is 46.1 Å². The standard InChI is InChI=1S/C14H23N5O/c1-9(2)10(8-20)15-11-6-7-12-16-17-13(14(3,4)5)19(12)18-11/h6-7,9-10,20H,8H2,1-5H3,(H,15,18)/t10-/m1/s1. The third kappa shape index (κ3) is 2.90. The molecule has 0 aliphatic heterocycles. The Labute approximate surface area is 119 Å². The number of nitrogens with one attached hydrogen (secondary N) is 1. The Morgan fingerprint density at radius 2 is 1.95 bits per heavy atom. The Hall–Kier alpha value is -1.69. The molecule has 0 amide bonds. The van der Waals surface area contributed by atoms with Gasteiger partial charge in [0, 0.05) is 5.41 Å². The number of aromatic nitrogens is 4. The molecule has 0 saturated heterocycles. The Bertz CT molecular complexity index is 585. The van der Waals surface area contributed by atoms with E-state index >= 15 is 0 Å². The van der Waals surface area contributed by atoms with Crippen molar-refractivity contribution in [2.75, 3.05) is 11.9 Å². The van der Waals surface area contributed by atoms with Gasteiger partial charge < -0.3 is 10.4 Å². The fourth-order valence-electron chi connectivity index (χ4n) is 1.95. The molecule has 0 aromatic carbocycles. The van der Waals surface area contributed by atoms with Crippen molar-refractivity contribution in [1.82, 2.24) is 19.8 Å². The van der Waals surface area contributed by atoms with Crippen molar-refractivity contribution >= 4 is 11.5 Å². The summed E-state index contributed by atoms with van der Waals surface area (Å²) >= 11 is 0. The lowest BCUT2D eigenvalue weighted by molar-refractivity contribution is 0.249. The van der Waals surface area contributed by atoms with Crippen LogP contribution in [-0.4, -0.2) is 37.6 Å². The van der Waals surface area contributed by atoms with E-state index in [2.05, 4.69) is 55.2 Å². The summed E-state index contributed by atoms with van der Waals surface area (Å²) in [5.74, 6) is 1.86. The largest absolute Gasteiger partial charge is 0.394 e. The maximum absolute atomic E-state index is 9.39. The average molecular weight is 277 g/mol. The van der Waals surface area contributed by atoms with E-state index in [4.69, 9.17) is 0 Å². The Morgan fingerprint density at radius 1 is 1.25 bits per heavy atom. The Kier molecular flexibility index (Phi) is 3.94. The van der Waals surface area contributed by atoms with Gasteiger partial charge >= 0.3 is 0 Å². The molecule has 0 fully saturated rings. The normalized spacial score (nSPS) is 13.9. The molecule has 2 heterocycles. The third-order valence-corrected chi connectivity index (χ3v) is 3.27. The molecule has 0 aliphatic carbocycles. The molecule has 6 heteroatoms. The topological polar surface area (TPSA) is 75.3 Å². The average Bonchev–Trinajstić information content (AvgIpc) is 2.78. The van der Waals surface area contributed by atoms with Gasteiger partial charge in [-0.1, -0.05) is 34.6 Å². The van der Waals surface area contributed by atoms with Gasteiger partial charge in [0.25, 0.3) is 0 Å². The number of anilines is 1. The molecule has 110 valence electrons. The zero-order valence-electron chi connectivity index (χ0n) is 12.8. The number of fused-ring (bicyclic) bond motifs is 1. The molecular weight excluding hydrogens is 254 g/mol. The van der Waals surface area contributed by atoms with Gasteiger partial charge in [-0.25, -0.2) is 0 Å². The van der Waals surface area contributed by atoms with Crippen molar-refractivity contribution < 1.29 is 5.11 Å². The van der Waals surface area contributed by atoms with Crippen LogP contribution in [-0.2, 0) is 5.41 Å². The Balaban J connectivity index is 2.37. The number of rotatable bonds is 4. The summed E-state index contributed by atoms with van der Waals surface area (Å²) in [4.78, 5) is 0. The van der Waals surface area contributed by atoms with Crippen molar-refractivity contribution in [3.8, 4) is 0 Å². The lowest BCUT2D eigenvalue weighted by Gasteiger charge is -2.21. The summed E-state index contributed by atoms with van der Waals surface area (Å²) in [7, 11) is 0. The van der Waals surface area contributed by atoms with Crippen LogP contribution in [0.15, 0.2) is 12.1 Å². The zero-order valence-corrected chi connectivity index (χ0v) is 12.8. The SMILES string of the molecule is CC(C)[C@@H](CO)Nc1ccc2nnc(C(C)(C)C)n2n1. The van der Waals surface area contributed by atoms with E-state index in [1.54, 1.807) is 4.52 Å². The fourth-order valence-corrected chi connectivity index (χ4v) is 1.95. The van der Waals surface area contributed by atoms with Crippen molar-refractivity contribution in [2.24, 2.45) is 5.92 Å². The van der Waals surface area contributed by atoms with Gasteiger partial charge in [0.15, 0.2) is 11.5 Å². The van der Waals surface area contributed by atoms with Crippen molar-refractivity contribution in [3.63, 3.8) is 0 Å². The summed E-state index contributed by atoms with van der Waals surface area (Å²) in [6.45, 7) is 10.4. The molecule has 6 nitrogen and oxygen atoms in total. The van der Waals surface area contributed by atoms with Gasteiger partial charge in [-0.2, -0.15) is 4.52 Å². The minimum absolute atomic E-state index is 0.0190. The summed E-state index contributed by atoms with van der Waals surface area (Å²) in [5, 5.41) is 25.5. The molecule has 0 saturated carbocycles. The van der Waals surface area contributed by atoms with Gasteiger partial charge in [0.05, 0.1) is 12.6 Å². The van der Waals surface area contributed by atoms with Gasteiger partial charge in [-0.05, 0) is 18.1 Å². The van der Waals surface area contributed by atoms with Gasteiger partial charge in [0.1, 0.15) is 5.82 Å². The van der Waals surface area contributed by atoms with Crippen LogP contribution in [0.4, 0.5) is 5.82 Å². The summed E-state index contributed by atoms with van der Waals surface area (Å²) < 4.78 is 1.76. The van der Waals surface area contributed by atoms with E-state index in [-0.39, 0.29) is 18.1 Å². The highest BCUT2D eigenvalue weighted by Gasteiger charge is 2.22. The van der Waals surface area contributed by atoms with Crippen LogP contribution in [0.5, 0.6) is 0 Å². The molecule has 2 aromatic heterocycles. The number of nitrogens with zero attached hydrogens (tertiary/aromatic N) is 4. The number of aliphatic hydroxyl groups is 1. The molecule has 2 rings (SSSR count). The van der Waals surface area contributed by atoms with Crippen LogP contribution in [0.3, 0.4) is 0 Å². The van der Waals surface area contributed by atoms with E-state index in [1.807, 2.05) is 12.1 Å². The molecule has 0 bridgehead atoms. The molecular formula is C14H23N5O. The number of aliphatic hydroxyl groups excluding tert-OH is 1. The molecule has 1 atom stereocenters. The highest BCUT2D eigenvalue weighted by Crippen LogP contribution is 2.21. The lowest BCUT2D eigenvalue weighted by Crippen LogP contribution is -2.30. The van der Waals surface area contributed by atoms with Crippen molar-refractivity contribution in [3.05, 3.63) is 18.0 Å². The zero-order chi connectivity index (χ0) is 14.9. The van der Waals surface area contributed by atoms with Gasteiger partial charge in [-0.15, -0.1) is 15.3 Å². The van der Waals surface area contributed by atoms with Gasteiger partial charge in [0.2, 0.25) is 0 Å². The first-order valence-electron chi connectivity index (χ1n) is 6.93. The van der Waals surface area contributed by atoms with Crippen LogP contribution in [0.2, 0.25) is 0 Å². The summed E-state index contributed by atoms with van der Waals surface area (Å²) in [6.07, 6.45) is 0. The van der Waals surface area contributed by atoms with E-state index in [9.17, 15) is 5.11 Å². The van der Waals surface area contributed by atoms with E-state index in [0.29, 0.717) is 5.92 Å². The second kappa shape index (κ2) is 5.36. The quantitative estimate of drug-likeness (QED) is 0.892. The lowest BCUT2D eigenvalue weighted by atomic mass is 9.96. The van der Waals surface area contributed by atoms with Crippen LogP contribution in [0.1, 0.15) is 40.4 Å². The first-order chi connectivity index (χ1) is 9.32. The number of hydrogen-bond acceptors (Lipinski definition) is 5. The van der Waals surface area contributed by atoms with Crippen LogP contribution < -0.4 is 5.32 Å². The highest BCUT2D eigenvalue weighted by atomic mass is 16.3. The summed E-state index contributed by atoms with van der Waals surface area (Å²) in [6, 6.07) is 3.72. The first kappa shape index (κ1) is 14.7. The van der Waals surface area contributed by atoms with E-state index < -0.39 is 0 Å². The monoisotopic (exact) mass is 277 g/mol. The molecule has 2 N–H and O–H groups in total. The molecule has 0 unspecified atom stereocenters. The maximum atomic E-state index is 9.39. The highest BCUT2D eigenvalue weighted by molar-refractivity contribution is 5.45. The second-order valence-corrected chi connectivity index (χ2v) is 6.44. The second-order valence-electron chi connectivity index (χ2n) is 6.44.